The Morgan fingerprint density at radius 3 is 2.62 bits per heavy atom. The molecule has 0 aliphatic heterocycles. The summed E-state index contributed by atoms with van der Waals surface area (Å²) >= 11 is 0. The molecule has 1 aliphatic carbocycles. The zero-order valence-corrected chi connectivity index (χ0v) is 8.58. The van der Waals surface area contributed by atoms with E-state index in [0.29, 0.717) is 11.8 Å². The Hall–Kier alpha value is -0.0800. The van der Waals surface area contributed by atoms with E-state index in [0.717, 1.165) is 19.3 Å². The van der Waals surface area contributed by atoms with Crippen LogP contribution in [-0.4, -0.2) is 22.9 Å². The third-order valence-corrected chi connectivity index (χ3v) is 3.14. The van der Waals surface area contributed by atoms with Gasteiger partial charge in [0.05, 0.1) is 6.10 Å². The van der Waals surface area contributed by atoms with Crippen molar-refractivity contribution in [1.82, 2.24) is 0 Å². The Kier molecular flexibility index (Phi) is 4.74. The molecule has 3 unspecified atom stereocenters. The molecule has 0 aromatic heterocycles. The first-order valence-electron chi connectivity index (χ1n) is 5.53. The van der Waals surface area contributed by atoms with Gasteiger partial charge in [0.2, 0.25) is 0 Å². The predicted octanol–water partition coefficient (Wildman–Crippen LogP) is 1.95. The average Bonchev–Trinajstić information content (AvgIpc) is 2.32. The molecule has 0 saturated heterocycles. The molecule has 1 rings (SSSR count). The second-order valence-electron chi connectivity index (χ2n) is 4.49. The second-order valence-corrected chi connectivity index (χ2v) is 4.49. The van der Waals surface area contributed by atoms with Crippen LogP contribution in [0.1, 0.15) is 45.4 Å². The highest BCUT2D eigenvalue weighted by atomic mass is 16.3. The fourth-order valence-electron chi connectivity index (χ4n) is 2.23. The number of hydrogen-bond acceptors (Lipinski definition) is 2. The Morgan fingerprint density at radius 1 is 1.23 bits per heavy atom. The van der Waals surface area contributed by atoms with Gasteiger partial charge in [0.15, 0.2) is 0 Å². The summed E-state index contributed by atoms with van der Waals surface area (Å²) in [6, 6.07) is 0. The van der Waals surface area contributed by atoms with E-state index in [4.69, 9.17) is 5.11 Å². The number of aliphatic hydroxyl groups is 2. The van der Waals surface area contributed by atoms with Crippen molar-refractivity contribution in [3.8, 4) is 0 Å². The summed E-state index contributed by atoms with van der Waals surface area (Å²) in [6.07, 6.45) is 6.66. The van der Waals surface area contributed by atoms with Gasteiger partial charge in [-0.1, -0.05) is 26.2 Å². The van der Waals surface area contributed by atoms with Crippen LogP contribution in [-0.2, 0) is 0 Å². The Balaban J connectivity index is 2.35. The molecule has 13 heavy (non-hydrogen) atoms. The lowest BCUT2D eigenvalue weighted by molar-refractivity contribution is 0.0790. The highest BCUT2D eigenvalue weighted by Crippen LogP contribution is 2.28. The average molecular weight is 186 g/mol. The first-order valence-corrected chi connectivity index (χ1v) is 5.53. The number of rotatable bonds is 3. The fraction of sp³-hybridized carbons (Fsp3) is 1.00. The SMILES string of the molecule is CC(CO)CC1CCCCCC1O. The van der Waals surface area contributed by atoms with Gasteiger partial charge in [0, 0.05) is 6.61 Å². The van der Waals surface area contributed by atoms with Gasteiger partial charge < -0.3 is 10.2 Å². The zero-order valence-electron chi connectivity index (χ0n) is 8.58. The minimum atomic E-state index is -0.114. The van der Waals surface area contributed by atoms with E-state index >= 15 is 0 Å². The van der Waals surface area contributed by atoms with Crippen LogP contribution in [0.5, 0.6) is 0 Å². The molecule has 2 nitrogen and oxygen atoms in total. The molecule has 78 valence electrons. The highest BCUT2D eigenvalue weighted by molar-refractivity contribution is 4.74. The lowest BCUT2D eigenvalue weighted by atomic mass is 9.88. The van der Waals surface area contributed by atoms with Crippen molar-refractivity contribution < 1.29 is 10.2 Å². The predicted molar refractivity (Wildman–Crippen MR) is 53.4 cm³/mol. The van der Waals surface area contributed by atoms with Gasteiger partial charge in [-0.25, -0.2) is 0 Å². The smallest absolute Gasteiger partial charge is 0.0568 e. The van der Waals surface area contributed by atoms with E-state index in [1.165, 1.54) is 19.3 Å². The van der Waals surface area contributed by atoms with Crippen LogP contribution in [0.3, 0.4) is 0 Å². The molecule has 2 heteroatoms. The Morgan fingerprint density at radius 2 is 1.92 bits per heavy atom. The van der Waals surface area contributed by atoms with Crippen LogP contribution >= 0.6 is 0 Å². The third-order valence-electron chi connectivity index (χ3n) is 3.14. The number of aliphatic hydroxyl groups excluding tert-OH is 2. The summed E-state index contributed by atoms with van der Waals surface area (Å²) in [6.45, 7) is 2.31. The summed E-state index contributed by atoms with van der Waals surface area (Å²) in [5.41, 5.74) is 0. The van der Waals surface area contributed by atoms with Gasteiger partial charge >= 0.3 is 0 Å². The van der Waals surface area contributed by atoms with Crippen molar-refractivity contribution in [2.45, 2.75) is 51.6 Å². The summed E-state index contributed by atoms with van der Waals surface area (Å²) in [5, 5.41) is 18.8. The van der Waals surface area contributed by atoms with Crippen LogP contribution in [0.2, 0.25) is 0 Å². The zero-order chi connectivity index (χ0) is 9.68. The van der Waals surface area contributed by atoms with Crippen molar-refractivity contribution in [3.05, 3.63) is 0 Å². The fourth-order valence-corrected chi connectivity index (χ4v) is 2.23. The van der Waals surface area contributed by atoms with Crippen LogP contribution < -0.4 is 0 Å². The van der Waals surface area contributed by atoms with E-state index in [2.05, 4.69) is 6.92 Å². The van der Waals surface area contributed by atoms with Crippen LogP contribution in [0.15, 0.2) is 0 Å². The maximum absolute atomic E-state index is 9.81. The first kappa shape index (κ1) is 11.0. The Bertz CT molecular complexity index is 136. The molecule has 0 amide bonds. The molecule has 2 N–H and O–H groups in total. The van der Waals surface area contributed by atoms with Gasteiger partial charge in [-0.3, -0.25) is 0 Å². The monoisotopic (exact) mass is 186 g/mol. The van der Waals surface area contributed by atoms with Gasteiger partial charge in [-0.15, -0.1) is 0 Å². The van der Waals surface area contributed by atoms with Gasteiger partial charge in [-0.05, 0) is 31.1 Å². The lowest BCUT2D eigenvalue weighted by Crippen LogP contribution is -2.22. The standard InChI is InChI=1S/C11H22O2/c1-9(8-12)7-10-5-3-2-4-6-11(10)13/h9-13H,2-8H2,1H3. The molecule has 0 aromatic carbocycles. The first-order chi connectivity index (χ1) is 6.24. The highest BCUT2D eigenvalue weighted by Gasteiger charge is 2.22. The van der Waals surface area contributed by atoms with E-state index in [1.807, 2.05) is 0 Å². The van der Waals surface area contributed by atoms with Gasteiger partial charge in [0.25, 0.3) is 0 Å². The van der Waals surface area contributed by atoms with Crippen molar-refractivity contribution >= 4 is 0 Å². The van der Waals surface area contributed by atoms with Crippen molar-refractivity contribution in [3.63, 3.8) is 0 Å². The lowest BCUT2D eigenvalue weighted by Gasteiger charge is -2.22. The third kappa shape index (κ3) is 3.65. The molecular weight excluding hydrogens is 164 g/mol. The Labute approximate surface area is 81.0 Å². The largest absolute Gasteiger partial charge is 0.396 e. The summed E-state index contributed by atoms with van der Waals surface area (Å²) in [5.74, 6) is 0.780. The van der Waals surface area contributed by atoms with Crippen molar-refractivity contribution in [2.24, 2.45) is 11.8 Å². The van der Waals surface area contributed by atoms with Crippen molar-refractivity contribution in [2.75, 3.05) is 6.61 Å². The molecule has 0 radical (unpaired) electrons. The molecule has 0 bridgehead atoms. The molecule has 3 atom stereocenters. The summed E-state index contributed by atoms with van der Waals surface area (Å²) < 4.78 is 0. The molecule has 1 saturated carbocycles. The molecule has 0 aromatic rings. The van der Waals surface area contributed by atoms with E-state index in [-0.39, 0.29) is 12.7 Å². The molecular formula is C11H22O2. The minimum Gasteiger partial charge on any atom is -0.396 e. The molecule has 0 spiro atoms. The van der Waals surface area contributed by atoms with Gasteiger partial charge in [-0.2, -0.15) is 0 Å². The minimum absolute atomic E-state index is 0.114. The molecule has 1 fully saturated rings. The second kappa shape index (κ2) is 5.61. The van der Waals surface area contributed by atoms with E-state index in [9.17, 15) is 5.11 Å². The van der Waals surface area contributed by atoms with E-state index < -0.39 is 0 Å². The van der Waals surface area contributed by atoms with E-state index in [1.54, 1.807) is 0 Å². The number of hydrogen-bond donors (Lipinski definition) is 2. The van der Waals surface area contributed by atoms with Crippen LogP contribution in [0.25, 0.3) is 0 Å². The van der Waals surface area contributed by atoms with Crippen LogP contribution in [0.4, 0.5) is 0 Å². The van der Waals surface area contributed by atoms with Crippen LogP contribution in [0, 0.1) is 11.8 Å². The molecule has 0 heterocycles. The maximum atomic E-state index is 9.81. The molecule has 1 aliphatic rings. The topological polar surface area (TPSA) is 40.5 Å². The van der Waals surface area contributed by atoms with Crippen molar-refractivity contribution in [1.29, 1.82) is 0 Å². The normalized spacial score (nSPS) is 32.5. The maximum Gasteiger partial charge on any atom is 0.0568 e. The van der Waals surface area contributed by atoms with Gasteiger partial charge in [0.1, 0.15) is 0 Å². The quantitative estimate of drug-likeness (QED) is 0.661. The summed E-state index contributed by atoms with van der Waals surface area (Å²) in [7, 11) is 0. The summed E-state index contributed by atoms with van der Waals surface area (Å²) in [4.78, 5) is 0.